The third-order valence-electron chi connectivity index (χ3n) is 1.28. The molecule has 1 heterocycles. The summed E-state index contributed by atoms with van der Waals surface area (Å²) in [4.78, 5) is 3.82. The molecule has 0 radical (unpaired) electrons. The second-order valence-corrected chi connectivity index (χ2v) is 2.03. The maximum absolute atomic E-state index is 8.54. The molecule has 0 saturated heterocycles. The molecular weight excluding hydrogens is 126 g/mol. The first-order valence-corrected chi connectivity index (χ1v) is 2.86. The molecule has 1 aromatic rings. The Morgan fingerprint density at radius 2 is 2.30 bits per heavy atom. The molecule has 0 bridgehead atoms. The van der Waals surface area contributed by atoms with E-state index in [0.29, 0.717) is 11.3 Å². The van der Waals surface area contributed by atoms with Gasteiger partial charge in [0, 0.05) is 6.20 Å². The van der Waals surface area contributed by atoms with Crippen LogP contribution < -0.4 is 5.73 Å². The third-order valence-corrected chi connectivity index (χ3v) is 1.28. The van der Waals surface area contributed by atoms with E-state index in [-0.39, 0.29) is 0 Å². The highest BCUT2D eigenvalue weighted by atomic mass is 14.7. The fraction of sp³-hybridized carbons (Fsp3) is 0.143. The minimum Gasteiger partial charge on any atom is -0.396 e. The summed E-state index contributed by atoms with van der Waals surface area (Å²) in [6.45, 7) is 1.81. The Morgan fingerprint density at radius 3 is 2.70 bits per heavy atom. The van der Waals surface area contributed by atoms with Crippen LogP contribution in [0.5, 0.6) is 0 Å². The summed E-state index contributed by atoms with van der Waals surface area (Å²) in [5.74, 6) is 0. The first-order chi connectivity index (χ1) is 4.75. The van der Waals surface area contributed by atoms with Crippen LogP contribution in [-0.4, -0.2) is 4.98 Å². The highest BCUT2D eigenvalue weighted by molar-refractivity contribution is 5.55. The van der Waals surface area contributed by atoms with Gasteiger partial charge in [0.25, 0.3) is 0 Å². The summed E-state index contributed by atoms with van der Waals surface area (Å²) in [6, 6.07) is 2.00. The summed E-state index contributed by atoms with van der Waals surface area (Å²) >= 11 is 0. The number of hydrogen-bond acceptors (Lipinski definition) is 3. The topological polar surface area (TPSA) is 62.7 Å². The molecule has 3 heteroatoms. The molecule has 1 rings (SSSR count). The lowest BCUT2D eigenvalue weighted by atomic mass is 10.1. The van der Waals surface area contributed by atoms with E-state index in [1.807, 2.05) is 13.0 Å². The van der Waals surface area contributed by atoms with Crippen LogP contribution in [0.25, 0.3) is 0 Å². The zero-order valence-corrected chi connectivity index (χ0v) is 5.63. The van der Waals surface area contributed by atoms with Gasteiger partial charge in [-0.05, 0) is 12.5 Å². The highest BCUT2D eigenvalue weighted by Crippen LogP contribution is 2.11. The Hall–Kier alpha value is -1.56. The summed E-state index contributed by atoms with van der Waals surface area (Å²) in [5, 5.41) is 8.54. The maximum atomic E-state index is 8.54. The number of aromatic nitrogens is 1. The molecule has 0 unspecified atom stereocenters. The van der Waals surface area contributed by atoms with Gasteiger partial charge in [-0.2, -0.15) is 5.26 Å². The van der Waals surface area contributed by atoms with Crippen molar-refractivity contribution in [2.45, 2.75) is 6.92 Å². The summed E-state index contributed by atoms with van der Waals surface area (Å²) in [6.07, 6.45) is 3.10. The summed E-state index contributed by atoms with van der Waals surface area (Å²) in [7, 11) is 0. The van der Waals surface area contributed by atoms with Crippen molar-refractivity contribution in [3.8, 4) is 6.07 Å². The van der Waals surface area contributed by atoms with Crippen LogP contribution in [0.15, 0.2) is 12.4 Å². The van der Waals surface area contributed by atoms with Crippen LogP contribution in [0.2, 0.25) is 0 Å². The molecule has 0 amide bonds. The SMILES string of the molecule is Cc1cncc(N)c1C#N. The quantitative estimate of drug-likeness (QED) is 0.570. The molecule has 0 saturated carbocycles. The van der Waals surface area contributed by atoms with E-state index in [1.54, 1.807) is 6.20 Å². The van der Waals surface area contributed by atoms with E-state index in [4.69, 9.17) is 11.0 Å². The average Bonchev–Trinajstić information content (AvgIpc) is 1.88. The monoisotopic (exact) mass is 133 g/mol. The molecule has 0 aliphatic heterocycles. The molecule has 1 aromatic heterocycles. The van der Waals surface area contributed by atoms with Crippen molar-refractivity contribution in [1.82, 2.24) is 4.98 Å². The van der Waals surface area contributed by atoms with Crippen LogP contribution >= 0.6 is 0 Å². The van der Waals surface area contributed by atoms with Gasteiger partial charge in [-0.3, -0.25) is 4.98 Å². The van der Waals surface area contributed by atoms with Gasteiger partial charge in [0.05, 0.1) is 17.4 Å². The normalized spacial score (nSPS) is 8.80. The first-order valence-electron chi connectivity index (χ1n) is 2.86. The Bertz CT molecular complexity index is 265. The number of hydrogen-bond donors (Lipinski definition) is 1. The fourth-order valence-electron chi connectivity index (χ4n) is 0.739. The Labute approximate surface area is 59.1 Å². The number of pyridine rings is 1. The maximum Gasteiger partial charge on any atom is 0.102 e. The van der Waals surface area contributed by atoms with Crippen LogP contribution in [0.4, 0.5) is 5.69 Å². The number of nitrogens with zero attached hydrogens (tertiary/aromatic N) is 2. The minimum absolute atomic E-state index is 0.447. The number of rotatable bonds is 0. The Morgan fingerprint density at radius 1 is 1.60 bits per heavy atom. The van der Waals surface area contributed by atoms with Crippen molar-refractivity contribution in [3.63, 3.8) is 0 Å². The van der Waals surface area contributed by atoms with E-state index in [1.165, 1.54) is 6.20 Å². The molecule has 0 spiro atoms. The van der Waals surface area contributed by atoms with Gasteiger partial charge in [0.2, 0.25) is 0 Å². The number of aryl methyl sites for hydroxylation is 1. The van der Waals surface area contributed by atoms with Crippen molar-refractivity contribution in [1.29, 1.82) is 5.26 Å². The average molecular weight is 133 g/mol. The van der Waals surface area contributed by atoms with E-state index >= 15 is 0 Å². The Balaban J connectivity index is 3.34. The predicted octanol–water partition coefficient (Wildman–Crippen LogP) is 0.844. The molecule has 3 nitrogen and oxygen atoms in total. The standard InChI is InChI=1S/C7H7N3/c1-5-3-10-4-7(9)6(5)2-8/h3-4H,9H2,1H3. The van der Waals surface area contributed by atoms with Crippen molar-refractivity contribution in [2.24, 2.45) is 0 Å². The molecular formula is C7H7N3. The zero-order valence-electron chi connectivity index (χ0n) is 5.63. The van der Waals surface area contributed by atoms with Gasteiger partial charge in [-0.15, -0.1) is 0 Å². The van der Waals surface area contributed by atoms with Gasteiger partial charge in [0.1, 0.15) is 6.07 Å². The van der Waals surface area contributed by atoms with Gasteiger partial charge < -0.3 is 5.73 Å². The summed E-state index contributed by atoms with van der Waals surface area (Å²) < 4.78 is 0. The first kappa shape index (κ1) is 6.56. The van der Waals surface area contributed by atoms with Crippen molar-refractivity contribution in [3.05, 3.63) is 23.5 Å². The molecule has 0 aliphatic rings. The smallest absolute Gasteiger partial charge is 0.102 e. The minimum atomic E-state index is 0.447. The number of anilines is 1. The molecule has 0 aromatic carbocycles. The molecule has 2 N–H and O–H groups in total. The lowest BCUT2D eigenvalue weighted by Crippen LogP contribution is -1.93. The Kier molecular flexibility index (Phi) is 1.55. The van der Waals surface area contributed by atoms with Crippen LogP contribution in [0.3, 0.4) is 0 Å². The van der Waals surface area contributed by atoms with Crippen molar-refractivity contribution >= 4 is 5.69 Å². The van der Waals surface area contributed by atoms with Gasteiger partial charge in [-0.25, -0.2) is 0 Å². The van der Waals surface area contributed by atoms with E-state index in [0.717, 1.165) is 5.56 Å². The van der Waals surface area contributed by atoms with Gasteiger partial charge >= 0.3 is 0 Å². The lowest BCUT2D eigenvalue weighted by molar-refractivity contribution is 1.25. The van der Waals surface area contributed by atoms with Gasteiger partial charge in [0.15, 0.2) is 0 Å². The molecule has 0 aliphatic carbocycles. The van der Waals surface area contributed by atoms with E-state index in [2.05, 4.69) is 4.98 Å². The molecule has 10 heavy (non-hydrogen) atoms. The molecule has 0 atom stereocenters. The van der Waals surface area contributed by atoms with Crippen LogP contribution in [0, 0.1) is 18.3 Å². The number of nitrogen functional groups attached to an aromatic ring is 1. The van der Waals surface area contributed by atoms with Crippen molar-refractivity contribution in [2.75, 3.05) is 5.73 Å². The van der Waals surface area contributed by atoms with Gasteiger partial charge in [-0.1, -0.05) is 0 Å². The second kappa shape index (κ2) is 2.36. The van der Waals surface area contributed by atoms with Crippen LogP contribution in [0.1, 0.15) is 11.1 Å². The molecule has 0 fully saturated rings. The zero-order chi connectivity index (χ0) is 7.56. The van der Waals surface area contributed by atoms with Crippen LogP contribution in [-0.2, 0) is 0 Å². The number of nitrogens with two attached hydrogens (primary N) is 1. The largest absolute Gasteiger partial charge is 0.396 e. The molecule has 50 valence electrons. The predicted molar refractivity (Wildman–Crippen MR) is 38.1 cm³/mol. The third kappa shape index (κ3) is 0.914. The highest BCUT2D eigenvalue weighted by Gasteiger charge is 1.99. The second-order valence-electron chi connectivity index (χ2n) is 2.03. The van der Waals surface area contributed by atoms with Crippen molar-refractivity contribution < 1.29 is 0 Å². The number of nitriles is 1. The lowest BCUT2D eigenvalue weighted by Gasteiger charge is -1.97. The summed E-state index contributed by atoms with van der Waals surface area (Å²) in [5.41, 5.74) is 7.24. The van der Waals surface area contributed by atoms with E-state index < -0.39 is 0 Å². The van der Waals surface area contributed by atoms with E-state index in [9.17, 15) is 0 Å². The fourth-order valence-corrected chi connectivity index (χ4v) is 0.739.